The number of hydrazone groups is 1. The van der Waals surface area contributed by atoms with Crippen molar-refractivity contribution < 1.29 is 28.2 Å². The molecule has 0 radical (unpaired) electrons. The van der Waals surface area contributed by atoms with Crippen LogP contribution in [-0.2, 0) is 23.9 Å². The summed E-state index contributed by atoms with van der Waals surface area (Å²) >= 11 is 2.98. The van der Waals surface area contributed by atoms with Crippen molar-refractivity contribution in [3.05, 3.63) is 28.5 Å². The molecule has 1 rings (SSSR count). The van der Waals surface area contributed by atoms with Gasteiger partial charge in [0, 0.05) is 6.07 Å². The van der Waals surface area contributed by atoms with Gasteiger partial charge in [0.05, 0.1) is 24.4 Å². The number of esters is 2. The van der Waals surface area contributed by atoms with Crippen LogP contribution in [-0.4, -0.2) is 37.7 Å². The van der Waals surface area contributed by atoms with Crippen molar-refractivity contribution in [3.63, 3.8) is 0 Å². The molecule has 0 amide bonds. The van der Waals surface area contributed by atoms with Crippen LogP contribution in [0.5, 0.6) is 0 Å². The van der Waals surface area contributed by atoms with Gasteiger partial charge in [-0.3, -0.25) is 15.0 Å². The lowest BCUT2D eigenvalue weighted by molar-refractivity contribution is -0.142. The average Bonchev–Trinajstić information content (AvgIpc) is 2.50. The number of halogens is 2. The summed E-state index contributed by atoms with van der Waals surface area (Å²) in [7, 11) is 2.16. The van der Waals surface area contributed by atoms with Gasteiger partial charge in [-0.1, -0.05) is 0 Å². The van der Waals surface area contributed by atoms with Gasteiger partial charge < -0.3 is 9.47 Å². The van der Waals surface area contributed by atoms with Crippen molar-refractivity contribution >= 4 is 45.1 Å². The number of methoxy groups -OCH3 is 2. The van der Waals surface area contributed by atoms with Crippen LogP contribution in [0, 0.1) is 5.82 Å². The van der Waals surface area contributed by atoms with Crippen molar-refractivity contribution in [2.45, 2.75) is 6.42 Å². The molecule has 0 aliphatic heterocycles. The fourth-order valence-electron chi connectivity index (χ4n) is 1.29. The molecule has 0 aliphatic rings. The van der Waals surface area contributed by atoms with Gasteiger partial charge in [0.25, 0.3) is 0 Å². The van der Waals surface area contributed by atoms with Gasteiger partial charge in [-0.25, -0.2) is 9.18 Å². The van der Waals surface area contributed by atoms with Crippen LogP contribution in [0.3, 0.4) is 0 Å². The van der Waals surface area contributed by atoms with Crippen LogP contribution in [0.2, 0.25) is 0 Å². The van der Waals surface area contributed by atoms with Crippen LogP contribution in [0.15, 0.2) is 27.8 Å². The Labute approximate surface area is 133 Å². The molecular weight excluding hydrogens is 363 g/mol. The SMILES string of the molecule is COC(=O)CC(=O)C(=NNc1ccc(Br)c(F)c1)C(=O)OC. The Balaban J connectivity index is 2.95. The van der Waals surface area contributed by atoms with Gasteiger partial charge in [0.2, 0.25) is 11.5 Å². The largest absolute Gasteiger partial charge is 0.469 e. The molecule has 0 heterocycles. The monoisotopic (exact) mass is 374 g/mol. The first kappa shape index (κ1) is 17.8. The second-order valence-corrected chi connectivity index (χ2v) is 4.72. The number of ketones is 1. The molecule has 0 aromatic heterocycles. The minimum absolute atomic E-state index is 0.202. The van der Waals surface area contributed by atoms with Gasteiger partial charge in [0.15, 0.2) is 0 Å². The summed E-state index contributed by atoms with van der Waals surface area (Å²) in [6, 6.07) is 3.99. The molecule has 22 heavy (non-hydrogen) atoms. The first-order valence-corrected chi connectivity index (χ1v) is 6.65. The Bertz CT molecular complexity index is 633. The number of nitrogens with zero attached hydrogens (tertiary/aromatic N) is 1. The number of anilines is 1. The van der Waals surface area contributed by atoms with E-state index in [4.69, 9.17) is 0 Å². The number of Topliss-reactive ketones (excluding diaryl/α,β-unsaturated/α-hetero) is 1. The first-order valence-electron chi connectivity index (χ1n) is 5.86. The van der Waals surface area contributed by atoms with E-state index in [1.807, 2.05) is 0 Å². The van der Waals surface area contributed by atoms with E-state index in [0.717, 1.165) is 20.3 Å². The predicted octanol–water partition coefficient (Wildman–Crippen LogP) is 1.66. The lowest BCUT2D eigenvalue weighted by atomic mass is 10.2. The van der Waals surface area contributed by atoms with Gasteiger partial charge >= 0.3 is 11.9 Å². The standard InChI is InChI=1S/C13H12BrFN2O5/c1-21-11(19)6-10(18)12(13(20)22-2)17-16-7-3-4-8(14)9(15)5-7/h3-5,16H,6H2,1-2H3. The zero-order valence-electron chi connectivity index (χ0n) is 11.7. The number of carbonyl (C=O) groups excluding carboxylic acids is 3. The molecule has 0 aliphatic carbocycles. The summed E-state index contributed by atoms with van der Waals surface area (Å²) in [4.78, 5) is 34.4. The van der Waals surface area contributed by atoms with Gasteiger partial charge in [-0.15, -0.1) is 0 Å². The van der Waals surface area contributed by atoms with Crippen LogP contribution < -0.4 is 5.43 Å². The van der Waals surface area contributed by atoms with E-state index >= 15 is 0 Å². The van der Waals surface area contributed by atoms with Crippen molar-refractivity contribution in [3.8, 4) is 0 Å². The van der Waals surface area contributed by atoms with Crippen molar-refractivity contribution in [1.29, 1.82) is 0 Å². The number of hydrogen-bond donors (Lipinski definition) is 1. The molecule has 0 atom stereocenters. The molecule has 0 saturated carbocycles. The van der Waals surface area contributed by atoms with E-state index in [1.54, 1.807) is 0 Å². The lowest BCUT2D eigenvalue weighted by Gasteiger charge is -2.05. The highest BCUT2D eigenvalue weighted by Gasteiger charge is 2.24. The number of ether oxygens (including phenoxy) is 2. The van der Waals surface area contributed by atoms with Crippen LogP contribution in [0.25, 0.3) is 0 Å². The summed E-state index contributed by atoms with van der Waals surface area (Å²) in [6.07, 6.45) is -0.666. The maximum absolute atomic E-state index is 13.3. The molecule has 1 aromatic carbocycles. The van der Waals surface area contributed by atoms with E-state index in [1.165, 1.54) is 12.1 Å². The molecule has 0 bridgehead atoms. The molecule has 0 unspecified atom stereocenters. The van der Waals surface area contributed by atoms with E-state index in [0.29, 0.717) is 0 Å². The summed E-state index contributed by atoms with van der Waals surface area (Å²) in [6.45, 7) is 0. The Morgan fingerprint density at radius 1 is 1.27 bits per heavy atom. The van der Waals surface area contributed by atoms with Crippen LogP contribution >= 0.6 is 15.9 Å². The molecule has 7 nitrogen and oxygen atoms in total. The molecule has 118 valence electrons. The number of benzene rings is 1. The minimum Gasteiger partial charge on any atom is -0.469 e. The second kappa shape index (κ2) is 8.23. The Kier molecular flexibility index (Phi) is 6.64. The molecule has 1 aromatic rings. The van der Waals surface area contributed by atoms with Gasteiger partial charge in [0.1, 0.15) is 12.2 Å². The van der Waals surface area contributed by atoms with Crippen molar-refractivity contribution in [2.24, 2.45) is 5.10 Å². The Morgan fingerprint density at radius 3 is 2.50 bits per heavy atom. The summed E-state index contributed by atoms with van der Waals surface area (Å²) in [5.74, 6) is -3.29. The van der Waals surface area contributed by atoms with Crippen molar-refractivity contribution in [2.75, 3.05) is 19.6 Å². The fraction of sp³-hybridized carbons (Fsp3) is 0.231. The van der Waals surface area contributed by atoms with E-state index < -0.39 is 35.7 Å². The number of hydrogen-bond acceptors (Lipinski definition) is 7. The van der Waals surface area contributed by atoms with E-state index in [9.17, 15) is 18.8 Å². The smallest absolute Gasteiger partial charge is 0.362 e. The fourth-order valence-corrected chi connectivity index (χ4v) is 1.54. The summed E-state index contributed by atoms with van der Waals surface area (Å²) in [5.41, 5.74) is 1.93. The van der Waals surface area contributed by atoms with E-state index in [2.05, 4.69) is 35.9 Å². The Hall–Kier alpha value is -2.29. The van der Waals surface area contributed by atoms with Crippen molar-refractivity contribution in [1.82, 2.24) is 0 Å². The molecule has 0 saturated heterocycles. The van der Waals surface area contributed by atoms with E-state index in [-0.39, 0.29) is 10.2 Å². The maximum Gasteiger partial charge on any atom is 0.362 e. The highest BCUT2D eigenvalue weighted by atomic mass is 79.9. The number of nitrogens with one attached hydrogen (secondary N) is 1. The molecular formula is C13H12BrFN2O5. The lowest BCUT2D eigenvalue weighted by Crippen LogP contribution is -2.28. The minimum atomic E-state index is -1.03. The van der Waals surface area contributed by atoms with Crippen LogP contribution in [0.1, 0.15) is 6.42 Å². The zero-order valence-corrected chi connectivity index (χ0v) is 13.3. The number of carbonyl (C=O) groups is 3. The molecule has 1 N–H and O–H groups in total. The van der Waals surface area contributed by atoms with Crippen LogP contribution in [0.4, 0.5) is 10.1 Å². The first-order chi connectivity index (χ1) is 10.4. The second-order valence-electron chi connectivity index (χ2n) is 3.87. The zero-order chi connectivity index (χ0) is 16.7. The highest BCUT2D eigenvalue weighted by Crippen LogP contribution is 2.19. The van der Waals surface area contributed by atoms with Gasteiger partial charge in [-0.2, -0.15) is 5.10 Å². The Morgan fingerprint density at radius 2 is 1.95 bits per heavy atom. The topological polar surface area (TPSA) is 94.1 Å². The predicted molar refractivity (Wildman–Crippen MR) is 78.8 cm³/mol. The summed E-state index contributed by atoms with van der Waals surface area (Å²) < 4.78 is 22.3. The number of rotatable bonds is 6. The maximum atomic E-state index is 13.3. The third kappa shape index (κ3) is 4.92. The molecule has 0 spiro atoms. The van der Waals surface area contributed by atoms with Gasteiger partial charge in [-0.05, 0) is 28.1 Å². The molecule has 9 heteroatoms. The third-order valence-corrected chi connectivity index (χ3v) is 3.03. The molecule has 0 fully saturated rings. The highest BCUT2D eigenvalue weighted by molar-refractivity contribution is 9.10. The summed E-state index contributed by atoms with van der Waals surface area (Å²) in [5, 5.41) is 3.58. The normalized spacial score (nSPS) is 10.8. The quantitative estimate of drug-likeness (QED) is 0.352. The average molecular weight is 375 g/mol. The third-order valence-electron chi connectivity index (χ3n) is 2.39.